The van der Waals surface area contributed by atoms with Gasteiger partial charge in [-0.1, -0.05) is 42.8 Å². The zero-order chi connectivity index (χ0) is 20.2. The zero-order valence-corrected chi connectivity index (χ0v) is 17.3. The number of esters is 1. The molecule has 0 saturated carbocycles. The molecule has 2 rings (SSSR count). The van der Waals surface area contributed by atoms with Gasteiger partial charge in [0.1, 0.15) is 5.60 Å². The largest absolute Gasteiger partial charge is 0.460 e. The predicted molar refractivity (Wildman–Crippen MR) is 107 cm³/mol. The van der Waals surface area contributed by atoms with Gasteiger partial charge in [-0.25, -0.2) is 8.42 Å². The molecule has 0 spiro atoms. The number of benzene rings is 2. The van der Waals surface area contributed by atoms with Crippen LogP contribution >= 0.6 is 0 Å². The van der Waals surface area contributed by atoms with Crippen molar-refractivity contribution in [2.75, 3.05) is 4.72 Å². The van der Waals surface area contributed by atoms with Gasteiger partial charge in [0.15, 0.2) is 0 Å². The third kappa shape index (κ3) is 6.10. The minimum Gasteiger partial charge on any atom is -0.460 e. The van der Waals surface area contributed by atoms with E-state index >= 15 is 0 Å². The maximum absolute atomic E-state index is 12.7. The molecule has 0 saturated heterocycles. The zero-order valence-electron chi connectivity index (χ0n) is 16.4. The van der Waals surface area contributed by atoms with Gasteiger partial charge in [0, 0.05) is 0 Å². The van der Waals surface area contributed by atoms with Crippen LogP contribution in [0.1, 0.15) is 38.8 Å². The van der Waals surface area contributed by atoms with Crippen LogP contribution in [0.5, 0.6) is 0 Å². The van der Waals surface area contributed by atoms with E-state index in [1.165, 1.54) is 0 Å². The van der Waals surface area contributed by atoms with E-state index in [2.05, 4.69) is 4.72 Å². The van der Waals surface area contributed by atoms with Gasteiger partial charge >= 0.3 is 5.97 Å². The number of hydrogen-bond donors (Lipinski definition) is 1. The first kappa shape index (κ1) is 21.0. The van der Waals surface area contributed by atoms with Crippen molar-refractivity contribution >= 4 is 21.7 Å². The number of sulfonamides is 1. The van der Waals surface area contributed by atoms with Crippen LogP contribution in [0.4, 0.5) is 5.69 Å². The van der Waals surface area contributed by atoms with E-state index in [1.54, 1.807) is 43.3 Å². The Morgan fingerprint density at radius 2 is 1.67 bits per heavy atom. The Morgan fingerprint density at radius 3 is 2.26 bits per heavy atom. The summed E-state index contributed by atoms with van der Waals surface area (Å²) < 4.78 is 33.4. The van der Waals surface area contributed by atoms with Gasteiger partial charge in [-0.3, -0.25) is 9.52 Å². The molecule has 146 valence electrons. The molecule has 0 aliphatic rings. The van der Waals surface area contributed by atoms with Crippen molar-refractivity contribution in [1.82, 2.24) is 0 Å². The molecule has 1 atom stereocenters. The standard InChI is InChI=1S/C21H27NO4S/c1-15-10-12-18(13-11-15)27(24,25)22-19-9-7-6-8-17(19)14-16(2)20(23)26-21(3,4)5/h6-13,16,22H,14H2,1-5H3. The van der Waals surface area contributed by atoms with Gasteiger partial charge in [0.25, 0.3) is 10.0 Å². The van der Waals surface area contributed by atoms with Gasteiger partial charge in [0.05, 0.1) is 16.5 Å². The van der Waals surface area contributed by atoms with Crippen LogP contribution in [0.15, 0.2) is 53.4 Å². The Morgan fingerprint density at radius 1 is 1.07 bits per heavy atom. The average molecular weight is 390 g/mol. The predicted octanol–water partition coefficient (Wildman–Crippen LogP) is 4.32. The van der Waals surface area contributed by atoms with Gasteiger partial charge in [-0.05, 0) is 57.9 Å². The molecule has 1 unspecified atom stereocenters. The summed E-state index contributed by atoms with van der Waals surface area (Å²) in [5.41, 5.74) is 1.64. The Balaban J connectivity index is 2.20. The lowest BCUT2D eigenvalue weighted by Gasteiger charge is -2.22. The van der Waals surface area contributed by atoms with Crippen LogP contribution in [0, 0.1) is 12.8 Å². The molecule has 0 bridgehead atoms. The van der Waals surface area contributed by atoms with Crippen LogP contribution < -0.4 is 4.72 Å². The van der Waals surface area contributed by atoms with Crippen LogP contribution in [0.2, 0.25) is 0 Å². The fourth-order valence-corrected chi connectivity index (χ4v) is 3.64. The maximum atomic E-state index is 12.7. The van der Waals surface area contributed by atoms with Gasteiger partial charge in [-0.15, -0.1) is 0 Å². The highest BCUT2D eigenvalue weighted by Crippen LogP contribution is 2.24. The van der Waals surface area contributed by atoms with Crippen molar-refractivity contribution in [2.45, 2.75) is 51.5 Å². The molecule has 0 aromatic heterocycles. The molecule has 0 amide bonds. The molecule has 2 aromatic carbocycles. The fraction of sp³-hybridized carbons (Fsp3) is 0.381. The van der Waals surface area contributed by atoms with E-state index in [4.69, 9.17) is 4.74 Å². The summed E-state index contributed by atoms with van der Waals surface area (Å²) in [7, 11) is -3.70. The van der Waals surface area contributed by atoms with Crippen LogP contribution in [0.25, 0.3) is 0 Å². The van der Waals surface area contributed by atoms with E-state index < -0.39 is 21.5 Å². The highest BCUT2D eigenvalue weighted by atomic mass is 32.2. The third-order valence-electron chi connectivity index (χ3n) is 3.93. The Labute approximate surface area is 161 Å². The quantitative estimate of drug-likeness (QED) is 0.747. The molecule has 27 heavy (non-hydrogen) atoms. The first-order valence-electron chi connectivity index (χ1n) is 8.88. The van der Waals surface area contributed by atoms with E-state index in [-0.39, 0.29) is 10.9 Å². The molecule has 0 aliphatic carbocycles. The second-order valence-corrected chi connectivity index (χ2v) is 9.40. The minimum absolute atomic E-state index is 0.197. The molecule has 0 radical (unpaired) electrons. The summed E-state index contributed by atoms with van der Waals surface area (Å²) in [5.74, 6) is -0.701. The van der Waals surface area contributed by atoms with Gasteiger partial charge in [-0.2, -0.15) is 0 Å². The summed E-state index contributed by atoms with van der Waals surface area (Å²) in [4.78, 5) is 12.4. The molecular formula is C21H27NO4S. The molecule has 0 heterocycles. The molecule has 1 N–H and O–H groups in total. The molecule has 6 heteroatoms. The SMILES string of the molecule is Cc1ccc(S(=O)(=O)Nc2ccccc2CC(C)C(=O)OC(C)(C)C)cc1. The Hall–Kier alpha value is -2.34. The highest BCUT2D eigenvalue weighted by molar-refractivity contribution is 7.92. The smallest absolute Gasteiger partial charge is 0.309 e. The fourth-order valence-electron chi connectivity index (χ4n) is 2.53. The van der Waals surface area contributed by atoms with Crippen LogP contribution in [-0.4, -0.2) is 20.0 Å². The lowest BCUT2D eigenvalue weighted by molar-refractivity contribution is -0.159. The number of aryl methyl sites for hydroxylation is 1. The molecular weight excluding hydrogens is 362 g/mol. The van der Waals surface area contributed by atoms with Crippen LogP contribution in [0.3, 0.4) is 0 Å². The topological polar surface area (TPSA) is 72.5 Å². The number of nitrogens with one attached hydrogen (secondary N) is 1. The van der Waals surface area contributed by atoms with E-state index in [0.717, 1.165) is 11.1 Å². The summed E-state index contributed by atoms with van der Waals surface area (Å²) in [6, 6.07) is 13.7. The molecule has 5 nitrogen and oxygen atoms in total. The number of hydrogen-bond acceptors (Lipinski definition) is 4. The summed E-state index contributed by atoms with van der Waals surface area (Å²) in [5, 5.41) is 0. The first-order chi connectivity index (χ1) is 12.5. The Bertz CT molecular complexity index is 897. The molecule has 0 fully saturated rings. The van der Waals surface area contributed by atoms with Crippen LogP contribution in [-0.2, 0) is 26.0 Å². The Kier molecular flexibility index (Phi) is 6.31. The lowest BCUT2D eigenvalue weighted by atomic mass is 9.99. The number of carbonyl (C=O) groups excluding carboxylic acids is 1. The van der Waals surface area contributed by atoms with Crippen molar-refractivity contribution in [1.29, 1.82) is 0 Å². The number of ether oxygens (including phenoxy) is 1. The number of anilines is 1. The van der Waals surface area contributed by atoms with Crippen molar-refractivity contribution in [2.24, 2.45) is 5.92 Å². The van der Waals surface area contributed by atoms with Gasteiger partial charge < -0.3 is 4.74 Å². The van der Waals surface area contributed by atoms with E-state index in [9.17, 15) is 13.2 Å². The third-order valence-corrected chi connectivity index (χ3v) is 5.31. The monoisotopic (exact) mass is 389 g/mol. The minimum atomic E-state index is -3.70. The molecule has 2 aromatic rings. The first-order valence-corrected chi connectivity index (χ1v) is 10.4. The number of para-hydroxylation sites is 1. The van der Waals surface area contributed by atoms with Crippen molar-refractivity contribution < 1.29 is 17.9 Å². The van der Waals surface area contributed by atoms with Crippen molar-refractivity contribution in [3.63, 3.8) is 0 Å². The van der Waals surface area contributed by atoms with E-state index in [0.29, 0.717) is 12.1 Å². The molecule has 0 aliphatic heterocycles. The second-order valence-electron chi connectivity index (χ2n) is 7.71. The van der Waals surface area contributed by atoms with Gasteiger partial charge in [0.2, 0.25) is 0 Å². The summed E-state index contributed by atoms with van der Waals surface area (Å²) in [6.07, 6.45) is 0.376. The summed E-state index contributed by atoms with van der Waals surface area (Å²) >= 11 is 0. The highest BCUT2D eigenvalue weighted by Gasteiger charge is 2.23. The number of rotatable bonds is 6. The van der Waals surface area contributed by atoms with Crippen molar-refractivity contribution in [3.05, 3.63) is 59.7 Å². The lowest BCUT2D eigenvalue weighted by Crippen LogP contribution is -2.28. The maximum Gasteiger partial charge on any atom is 0.309 e. The van der Waals surface area contributed by atoms with Crippen molar-refractivity contribution in [3.8, 4) is 0 Å². The van der Waals surface area contributed by atoms with E-state index in [1.807, 2.05) is 39.8 Å². The summed E-state index contributed by atoms with van der Waals surface area (Å²) in [6.45, 7) is 9.14. The average Bonchev–Trinajstić information content (AvgIpc) is 2.55. The normalized spacial score (nSPS) is 13.1. The second kappa shape index (κ2) is 8.13. The number of carbonyl (C=O) groups is 1.